The molecule has 0 bridgehead atoms. The molecule has 0 spiro atoms. The number of carbonyl (C=O) groups is 1. The van der Waals surface area contributed by atoms with Crippen LogP contribution in [-0.2, 0) is 6.54 Å². The van der Waals surface area contributed by atoms with Crippen LogP contribution < -0.4 is 10.1 Å². The van der Waals surface area contributed by atoms with E-state index < -0.39 is 0 Å². The van der Waals surface area contributed by atoms with E-state index in [1.807, 2.05) is 55.9 Å². The average molecular weight is 421 g/mol. The molecule has 2 aromatic carbocycles. The minimum absolute atomic E-state index is 0.148. The minimum Gasteiger partial charge on any atom is -0.494 e. The van der Waals surface area contributed by atoms with Crippen LogP contribution in [0.25, 0.3) is 5.69 Å². The Morgan fingerprint density at radius 2 is 1.90 bits per heavy atom. The second-order valence-electron chi connectivity index (χ2n) is 8.16. The van der Waals surface area contributed by atoms with Gasteiger partial charge in [0.1, 0.15) is 5.75 Å². The number of amides is 2. The first-order chi connectivity index (χ1) is 14.8. The van der Waals surface area contributed by atoms with Crippen molar-refractivity contribution in [1.29, 1.82) is 0 Å². The largest absolute Gasteiger partial charge is 0.494 e. The third-order valence-electron chi connectivity index (χ3n) is 5.27. The van der Waals surface area contributed by atoms with Crippen LogP contribution >= 0.6 is 0 Å². The molecule has 164 valence electrons. The number of benzene rings is 2. The van der Waals surface area contributed by atoms with Gasteiger partial charge >= 0.3 is 6.03 Å². The van der Waals surface area contributed by atoms with Gasteiger partial charge in [0.25, 0.3) is 0 Å². The SMILES string of the molecule is CCOc1cc(C)c(CN(C)C(=O)Nc2ccc(-n3cnc(C)c3)cc2)cc1C(C)C. The highest BCUT2D eigenvalue weighted by molar-refractivity contribution is 5.89. The van der Waals surface area contributed by atoms with E-state index in [4.69, 9.17) is 4.74 Å². The lowest BCUT2D eigenvalue weighted by Gasteiger charge is -2.22. The van der Waals surface area contributed by atoms with E-state index in [-0.39, 0.29) is 6.03 Å². The van der Waals surface area contributed by atoms with E-state index in [9.17, 15) is 4.79 Å². The fourth-order valence-electron chi connectivity index (χ4n) is 3.47. The summed E-state index contributed by atoms with van der Waals surface area (Å²) in [6.45, 7) is 11.5. The fraction of sp³-hybridized carbons (Fsp3) is 0.360. The summed E-state index contributed by atoms with van der Waals surface area (Å²) < 4.78 is 7.76. The number of carbonyl (C=O) groups excluding carboxylic acids is 1. The van der Waals surface area contributed by atoms with E-state index in [1.165, 1.54) is 5.56 Å². The third kappa shape index (κ3) is 5.45. The molecule has 3 aromatic rings. The maximum Gasteiger partial charge on any atom is 0.321 e. The van der Waals surface area contributed by atoms with Crippen LogP contribution in [0.1, 0.15) is 49.1 Å². The highest BCUT2D eigenvalue weighted by Crippen LogP contribution is 2.30. The Kier molecular flexibility index (Phi) is 7.00. The molecule has 6 nitrogen and oxygen atoms in total. The number of anilines is 1. The van der Waals surface area contributed by atoms with Gasteiger partial charge in [0, 0.05) is 31.2 Å². The number of nitrogens with zero attached hydrogens (tertiary/aromatic N) is 3. The van der Waals surface area contributed by atoms with Crippen LogP contribution in [0.4, 0.5) is 10.5 Å². The molecular formula is C25H32N4O2. The van der Waals surface area contributed by atoms with Gasteiger partial charge in [-0.05, 0) is 79.8 Å². The van der Waals surface area contributed by atoms with Gasteiger partial charge in [-0.3, -0.25) is 0 Å². The first-order valence-corrected chi connectivity index (χ1v) is 10.7. The van der Waals surface area contributed by atoms with Crippen molar-refractivity contribution in [2.24, 2.45) is 0 Å². The van der Waals surface area contributed by atoms with Crippen molar-refractivity contribution in [3.05, 3.63) is 71.3 Å². The molecule has 0 unspecified atom stereocenters. The lowest BCUT2D eigenvalue weighted by molar-refractivity contribution is 0.220. The van der Waals surface area contributed by atoms with Crippen molar-refractivity contribution in [3.8, 4) is 11.4 Å². The molecule has 0 saturated heterocycles. The summed E-state index contributed by atoms with van der Waals surface area (Å²) in [5.41, 5.74) is 6.12. The van der Waals surface area contributed by atoms with E-state index >= 15 is 0 Å². The lowest BCUT2D eigenvalue weighted by Crippen LogP contribution is -2.31. The molecule has 0 fully saturated rings. The number of hydrogen-bond acceptors (Lipinski definition) is 3. The molecule has 0 aliphatic carbocycles. The minimum atomic E-state index is -0.148. The number of hydrogen-bond donors (Lipinski definition) is 1. The van der Waals surface area contributed by atoms with E-state index in [0.29, 0.717) is 19.1 Å². The highest BCUT2D eigenvalue weighted by atomic mass is 16.5. The van der Waals surface area contributed by atoms with Gasteiger partial charge in [0.15, 0.2) is 0 Å². The lowest BCUT2D eigenvalue weighted by atomic mass is 9.96. The fourth-order valence-corrected chi connectivity index (χ4v) is 3.47. The second-order valence-corrected chi connectivity index (χ2v) is 8.16. The Bertz CT molecular complexity index is 1040. The molecule has 31 heavy (non-hydrogen) atoms. The number of aryl methyl sites for hydroxylation is 2. The number of imidazole rings is 1. The van der Waals surface area contributed by atoms with Crippen molar-refractivity contribution >= 4 is 11.7 Å². The van der Waals surface area contributed by atoms with E-state index in [1.54, 1.807) is 11.2 Å². The van der Waals surface area contributed by atoms with Crippen molar-refractivity contribution in [2.45, 2.75) is 47.1 Å². The molecule has 6 heteroatoms. The molecular weight excluding hydrogens is 388 g/mol. The van der Waals surface area contributed by atoms with Gasteiger partial charge in [-0.15, -0.1) is 0 Å². The monoisotopic (exact) mass is 420 g/mol. The average Bonchev–Trinajstić information content (AvgIpc) is 3.16. The molecule has 3 rings (SSSR count). The Morgan fingerprint density at radius 3 is 2.48 bits per heavy atom. The Labute approximate surface area is 184 Å². The molecule has 1 heterocycles. The van der Waals surface area contributed by atoms with Crippen LogP contribution in [0.15, 0.2) is 48.9 Å². The van der Waals surface area contributed by atoms with Crippen LogP contribution in [0.5, 0.6) is 5.75 Å². The van der Waals surface area contributed by atoms with Crippen molar-refractivity contribution in [1.82, 2.24) is 14.5 Å². The van der Waals surface area contributed by atoms with Crippen molar-refractivity contribution < 1.29 is 9.53 Å². The normalized spacial score (nSPS) is 10.9. The van der Waals surface area contributed by atoms with Gasteiger partial charge in [0.2, 0.25) is 0 Å². The standard InChI is InChI=1S/C25H32N4O2/c1-7-31-24-12-18(4)20(13-23(24)17(2)3)15-28(6)25(30)27-21-8-10-22(11-9-21)29-14-19(5)26-16-29/h8-14,16-17H,7,15H2,1-6H3,(H,27,30). The van der Waals surface area contributed by atoms with E-state index in [2.05, 4.69) is 43.2 Å². The maximum atomic E-state index is 12.7. The molecule has 0 aliphatic rings. The summed E-state index contributed by atoms with van der Waals surface area (Å²) >= 11 is 0. The number of aromatic nitrogens is 2. The van der Waals surface area contributed by atoms with Gasteiger partial charge in [-0.1, -0.05) is 13.8 Å². The number of urea groups is 1. The van der Waals surface area contributed by atoms with Crippen LogP contribution in [0.2, 0.25) is 0 Å². The quantitative estimate of drug-likeness (QED) is 0.535. The molecule has 0 radical (unpaired) electrons. The second kappa shape index (κ2) is 9.69. The molecule has 0 saturated carbocycles. The third-order valence-corrected chi connectivity index (χ3v) is 5.27. The first kappa shape index (κ1) is 22.4. The number of nitrogens with one attached hydrogen (secondary N) is 1. The molecule has 0 aliphatic heterocycles. The zero-order valence-electron chi connectivity index (χ0n) is 19.3. The molecule has 1 aromatic heterocycles. The zero-order valence-corrected chi connectivity index (χ0v) is 19.3. The summed E-state index contributed by atoms with van der Waals surface area (Å²) in [7, 11) is 1.81. The predicted molar refractivity (Wildman–Crippen MR) is 125 cm³/mol. The Hall–Kier alpha value is -3.28. The van der Waals surface area contributed by atoms with Gasteiger partial charge in [0.05, 0.1) is 18.6 Å². The predicted octanol–water partition coefficient (Wildman–Crippen LogP) is 5.68. The first-order valence-electron chi connectivity index (χ1n) is 10.7. The van der Waals surface area contributed by atoms with Crippen LogP contribution in [-0.4, -0.2) is 34.1 Å². The van der Waals surface area contributed by atoms with Crippen molar-refractivity contribution in [2.75, 3.05) is 19.0 Å². The van der Waals surface area contributed by atoms with E-state index in [0.717, 1.165) is 33.9 Å². The molecule has 1 N–H and O–H groups in total. The highest BCUT2D eigenvalue weighted by Gasteiger charge is 2.15. The van der Waals surface area contributed by atoms with Gasteiger partial charge in [-0.2, -0.15) is 0 Å². The summed E-state index contributed by atoms with van der Waals surface area (Å²) in [6.07, 6.45) is 3.74. The van der Waals surface area contributed by atoms with Gasteiger partial charge < -0.3 is 19.5 Å². The van der Waals surface area contributed by atoms with Crippen LogP contribution in [0, 0.1) is 13.8 Å². The van der Waals surface area contributed by atoms with Crippen LogP contribution in [0.3, 0.4) is 0 Å². The smallest absolute Gasteiger partial charge is 0.321 e. The topological polar surface area (TPSA) is 59.4 Å². The zero-order chi connectivity index (χ0) is 22.5. The number of ether oxygens (including phenoxy) is 1. The summed E-state index contributed by atoms with van der Waals surface area (Å²) in [4.78, 5) is 18.7. The summed E-state index contributed by atoms with van der Waals surface area (Å²) in [6, 6.07) is 11.8. The maximum absolute atomic E-state index is 12.7. The molecule has 2 amide bonds. The Morgan fingerprint density at radius 1 is 1.19 bits per heavy atom. The van der Waals surface area contributed by atoms with Crippen molar-refractivity contribution in [3.63, 3.8) is 0 Å². The van der Waals surface area contributed by atoms with Gasteiger partial charge in [-0.25, -0.2) is 9.78 Å². The number of rotatable bonds is 7. The summed E-state index contributed by atoms with van der Waals surface area (Å²) in [5, 5.41) is 2.97. The summed E-state index contributed by atoms with van der Waals surface area (Å²) in [5.74, 6) is 1.27. The Balaban J connectivity index is 1.68. The molecule has 0 atom stereocenters.